The largest absolute Gasteiger partial charge is 0.309 e. The minimum absolute atomic E-state index is 0.586. The van der Waals surface area contributed by atoms with Crippen molar-refractivity contribution in [3.8, 4) is 56.9 Å². The number of nitrogens with zero attached hydrogens (tertiary/aromatic N) is 4. The molecule has 0 spiro atoms. The van der Waals surface area contributed by atoms with E-state index >= 15 is 0 Å². The van der Waals surface area contributed by atoms with Gasteiger partial charge in [-0.15, -0.1) is 0 Å². The van der Waals surface area contributed by atoms with E-state index in [9.17, 15) is 10.5 Å². The predicted octanol–water partition coefficient (Wildman–Crippen LogP) is 12.6. The summed E-state index contributed by atoms with van der Waals surface area (Å²) in [6, 6.07) is 68.0. The van der Waals surface area contributed by atoms with Crippen molar-refractivity contribution in [3.63, 3.8) is 0 Å². The van der Waals surface area contributed by atoms with Crippen molar-refractivity contribution >= 4 is 43.6 Å². The van der Waals surface area contributed by atoms with Gasteiger partial charge in [0, 0.05) is 32.8 Å². The first-order valence-electron chi connectivity index (χ1n) is 18.0. The first-order valence-corrected chi connectivity index (χ1v) is 18.0. The standard InChI is InChI=1S/C50H30N4/c51-31-33-25-28-48-45(29-33)42-27-26-34(30-49(42)54(48)46-23-10-4-13-35(46)32-52)37-16-5-6-17-38(37)39-18-7-8-19-40(39)43-21-12-22-44-41-20-9-11-24-47(41)53(50(43)44)36-14-2-1-3-15-36/h1-30H. The third-order valence-electron chi connectivity index (χ3n) is 10.6. The molecule has 0 aliphatic heterocycles. The fraction of sp³-hybridized carbons (Fsp3) is 0. The van der Waals surface area contributed by atoms with Gasteiger partial charge >= 0.3 is 0 Å². The molecule has 0 aliphatic carbocycles. The summed E-state index contributed by atoms with van der Waals surface area (Å²) in [5.41, 5.74) is 14.1. The minimum atomic E-state index is 0.586. The summed E-state index contributed by atoms with van der Waals surface area (Å²) in [5, 5.41) is 24.4. The maximum atomic E-state index is 10.1. The average molecular weight is 687 g/mol. The molecule has 0 amide bonds. The van der Waals surface area contributed by atoms with Crippen LogP contribution in [0.25, 0.3) is 88.4 Å². The molecule has 0 saturated carbocycles. The summed E-state index contributed by atoms with van der Waals surface area (Å²) in [4.78, 5) is 0. The molecule has 2 heterocycles. The quantitative estimate of drug-likeness (QED) is 0.181. The van der Waals surface area contributed by atoms with Crippen LogP contribution in [0.2, 0.25) is 0 Å². The van der Waals surface area contributed by atoms with Crippen molar-refractivity contribution in [2.24, 2.45) is 0 Å². The molecule has 2 aromatic heterocycles. The molecule has 0 unspecified atom stereocenters. The molecule has 0 bridgehead atoms. The van der Waals surface area contributed by atoms with Crippen LogP contribution in [-0.2, 0) is 0 Å². The molecule has 10 rings (SSSR count). The molecule has 0 radical (unpaired) electrons. The molecule has 0 atom stereocenters. The van der Waals surface area contributed by atoms with Crippen LogP contribution in [0.15, 0.2) is 182 Å². The first kappa shape index (κ1) is 31.1. The summed E-state index contributed by atoms with van der Waals surface area (Å²) >= 11 is 0. The molecular weight excluding hydrogens is 657 g/mol. The van der Waals surface area contributed by atoms with E-state index in [-0.39, 0.29) is 0 Å². The Hall–Kier alpha value is -7.66. The molecule has 0 N–H and O–H groups in total. The highest BCUT2D eigenvalue weighted by molar-refractivity contribution is 6.15. The summed E-state index contributed by atoms with van der Waals surface area (Å²) in [6.45, 7) is 0. The number of hydrogen-bond donors (Lipinski definition) is 0. The first-order chi connectivity index (χ1) is 26.7. The maximum Gasteiger partial charge on any atom is 0.101 e. The lowest BCUT2D eigenvalue weighted by atomic mass is 9.88. The van der Waals surface area contributed by atoms with Crippen molar-refractivity contribution in [2.45, 2.75) is 0 Å². The fourth-order valence-corrected chi connectivity index (χ4v) is 8.28. The number of rotatable bonds is 5. The minimum Gasteiger partial charge on any atom is -0.309 e. The third kappa shape index (κ3) is 4.76. The van der Waals surface area contributed by atoms with Crippen LogP contribution in [0.3, 0.4) is 0 Å². The van der Waals surface area contributed by atoms with Crippen molar-refractivity contribution in [1.29, 1.82) is 10.5 Å². The van der Waals surface area contributed by atoms with Crippen LogP contribution < -0.4 is 0 Å². The summed E-state index contributed by atoms with van der Waals surface area (Å²) in [5.74, 6) is 0. The SMILES string of the molecule is N#Cc1ccc2c(c1)c1ccc(-c3ccccc3-c3ccccc3-c3cccc4c5ccccc5n(-c5ccccc5)c34)cc1n2-c1ccccc1C#N. The predicted molar refractivity (Wildman–Crippen MR) is 221 cm³/mol. The zero-order valence-corrected chi connectivity index (χ0v) is 29.1. The molecule has 4 heteroatoms. The average Bonchev–Trinajstić information content (AvgIpc) is 3.76. The number of nitriles is 2. The van der Waals surface area contributed by atoms with E-state index in [4.69, 9.17) is 0 Å². The second kappa shape index (κ2) is 12.5. The topological polar surface area (TPSA) is 57.4 Å². The van der Waals surface area contributed by atoms with Crippen LogP contribution in [0, 0.1) is 22.7 Å². The van der Waals surface area contributed by atoms with Gasteiger partial charge in [0.1, 0.15) is 6.07 Å². The van der Waals surface area contributed by atoms with E-state index in [0.717, 1.165) is 66.6 Å². The van der Waals surface area contributed by atoms with Gasteiger partial charge in [-0.2, -0.15) is 10.5 Å². The Bertz CT molecular complexity index is 3190. The smallest absolute Gasteiger partial charge is 0.101 e. The van der Waals surface area contributed by atoms with Gasteiger partial charge in [0.15, 0.2) is 0 Å². The van der Waals surface area contributed by atoms with Gasteiger partial charge < -0.3 is 9.13 Å². The van der Waals surface area contributed by atoms with E-state index in [1.165, 1.54) is 21.8 Å². The van der Waals surface area contributed by atoms with Gasteiger partial charge in [-0.3, -0.25) is 0 Å². The van der Waals surface area contributed by atoms with Crippen LogP contribution in [0.5, 0.6) is 0 Å². The fourth-order valence-electron chi connectivity index (χ4n) is 8.28. The highest BCUT2D eigenvalue weighted by Crippen LogP contribution is 2.44. The van der Waals surface area contributed by atoms with Crippen LogP contribution in [0.4, 0.5) is 0 Å². The number of benzene rings is 8. The molecule has 4 nitrogen and oxygen atoms in total. The number of para-hydroxylation sites is 4. The molecule has 54 heavy (non-hydrogen) atoms. The Labute approximate surface area is 312 Å². The number of aromatic nitrogens is 2. The van der Waals surface area contributed by atoms with Crippen LogP contribution in [-0.4, -0.2) is 9.13 Å². The Morgan fingerprint density at radius 2 is 0.981 bits per heavy atom. The second-order valence-electron chi connectivity index (χ2n) is 13.5. The van der Waals surface area contributed by atoms with Gasteiger partial charge in [0.05, 0.1) is 45.0 Å². The molecule has 0 saturated heterocycles. The molecule has 8 aromatic carbocycles. The van der Waals surface area contributed by atoms with Gasteiger partial charge in [-0.1, -0.05) is 127 Å². The Kier molecular flexibility index (Phi) is 7.22. The van der Waals surface area contributed by atoms with Gasteiger partial charge in [0.2, 0.25) is 0 Å². The third-order valence-corrected chi connectivity index (χ3v) is 10.6. The van der Waals surface area contributed by atoms with E-state index < -0.39 is 0 Å². The molecule has 250 valence electrons. The van der Waals surface area contributed by atoms with Crippen molar-refractivity contribution < 1.29 is 0 Å². The molecule has 0 fully saturated rings. The van der Waals surface area contributed by atoms with E-state index in [1.807, 2.05) is 42.5 Å². The summed E-state index contributed by atoms with van der Waals surface area (Å²) < 4.78 is 4.56. The van der Waals surface area contributed by atoms with Crippen molar-refractivity contribution in [1.82, 2.24) is 9.13 Å². The molecule has 0 aliphatic rings. The number of hydrogen-bond acceptors (Lipinski definition) is 2. The zero-order valence-electron chi connectivity index (χ0n) is 29.1. The monoisotopic (exact) mass is 686 g/mol. The van der Waals surface area contributed by atoms with Gasteiger partial charge in [-0.25, -0.2) is 0 Å². The lowest BCUT2D eigenvalue weighted by Gasteiger charge is -2.17. The Balaban J connectivity index is 1.22. The van der Waals surface area contributed by atoms with E-state index in [0.29, 0.717) is 11.1 Å². The normalized spacial score (nSPS) is 11.3. The lowest BCUT2D eigenvalue weighted by molar-refractivity contribution is 1.17. The lowest BCUT2D eigenvalue weighted by Crippen LogP contribution is -1.97. The summed E-state index contributed by atoms with van der Waals surface area (Å²) in [7, 11) is 0. The highest BCUT2D eigenvalue weighted by atomic mass is 15.0. The zero-order chi connectivity index (χ0) is 36.2. The Morgan fingerprint density at radius 3 is 1.78 bits per heavy atom. The van der Waals surface area contributed by atoms with Crippen LogP contribution >= 0.6 is 0 Å². The van der Waals surface area contributed by atoms with Gasteiger partial charge in [0.25, 0.3) is 0 Å². The highest BCUT2D eigenvalue weighted by Gasteiger charge is 2.21. The van der Waals surface area contributed by atoms with E-state index in [2.05, 4.69) is 161 Å². The Morgan fingerprint density at radius 1 is 0.370 bits per heavy atom. The second-order valence-corrected chi connectivity index (χ2v) is 13.5. The number of fused-ring (bicyclic) bond motifs is 6. The molecule has 10 aromatic rings. The summed E-state index contributed by atoms with van der Waals surface area (Å²) in [6.07, 6.45) is 0. The van der Waals surface area contributed by atoms with E-state index in [1.54, 1.807) is 0 Å². The van der Waals surface area contributed by atoms with Crippen LogP contribution in [0.1, 0.15) is 11.1 Å². The molecular formula is C50H30N4. The van der Waals surface area contributed by atoms with Crippen molar-refractivity contribution in [2.75, 3.05) is 0 Å². The van der Waals surface area contributed by atoms with Crippen molar-refractivity contribution in [3.05, 3.63) is 193 Å². The van der Waals surface area contributed by atoms with Gasteiger partial charge in [-0.05, 0) is 82.4 Å². The maximum absolute atomic E-state index is 10.1.